The number of hydrogen-bond acceptors (Lipinski definition) is 1. The Morgan fingerprint density at radius 3 is 3.12 bits per heavy atom. The van der Waals surface area contributed by atoms with Gasteiger partial charge in [-0.2, -0.15) is 0 Å². The fraction of sp³-hybridized carbons (Fsp3) is 0.800. The second-order valence-corrected chi connectivity index (χ2v) is 5.29. The Morgan fingerprint density at radius 2 is 2.35 bits per heavy atom. The van der Waals surface area contributed by atoms with Crippen molar-refractivity contribution in [1.29, 1.82) is 0 Å². The van der Waals surface area contributed by atoms with E-state index in [2.05, 4.69) is 25.2 Å². The van der Waals surface area contributed by atoms with Gasteiger partial charge in [-0.05, 0) is 51.4 Å². The molecular weight excluding hydrogens is 210 g/mol. The van der Waals surface area contributed by atoms with Crippen molar-refractivity contribution < 1.29 is 4.79 Å². The van der Waals surface area contributed by atoms with Gasteiger partial charge < -0.3 is 5.32 Å². The highest BCUT2D eigenvalue weighted by Gasteiger charge is 2.12. The van der Waals surface area contributed by atoms with Crippen molar-refractivity contribution in [2.24, 2.45) is 5.92 Å². The molecule has 98 valence electrons. The zero-order valence-corrected chi connectivity index (χ0v) is 11.4. The molecule has 0 aromatic heterocycles. The molecule has 0 spiro atoms. The van der Waals surface area contributed by atoms with E-state index in [1.165, 1.54) is 31.3 Å². The lowest BCUT2D eigenvalue weighted by atomic mass is 9.95. The molecule has 0 aromatic carbocycles. The van der Waals surface area contributed by atoms with E-state index < -0.39 is 0 Å². The third kappa shape index (κ3) is 6.50. The SMILES string of the molecule is CCCCNC(=O)CCC1CC=C(C)CCC1. The molecule has 17 heavy (non-hydrogen) atoms. The van der Waals surface area contributed by atoms with Gasteiger partial charge in [0.05, 0.1) is 0 Å². The van der Waals surface area contributed by atoms with E-state index in [0.717, 1.165) is 31.7 Å². The van der Waals surface area contributed by atoms with Gasteiger partial charge in [-0.25, -0.2) is 0 Å². The van der Waals surface area contributed by atoms with Crippen molar-refractivity contribution in [3.05, 3.63) is 11.6 Å². The molecule has 0 radical (unpaired) electrons. The first-order chi connectivity index (χ1) is 8.22. The van der Waals surface area contributed by atoms with E-state index in [4.69, 9.17) is 0 Å². The summed E-state index contributed by atoms with van der Waals surface area (Å²) in [6, 6.07) is 0. The molecule has 0 aliphatic heterocycles. The standard InChI is InChI=1S/C15H27NO/c1-3-4-12-16-15(17)11-10-14-7-5-6-13(2)8-9-14/h8,14H,3-7,9-12H2,1-2H3,(H,16,17). The summed E-state index contributed by atoms with van der Waals surface area (Å²) in [6.07, 6.45) is 11.4. The van der Waals surface area contributed by atoms with Gasteiger partial charge in [-0.3, -0.25) is 4.79 Å². The molecule has 0 aromatic rings. The van der Waals surface area contributed by atoms with Gasteiger partial charge in [0.25, 0.3) is 0 Å². The number of allylic oxidation sites excluding steroid dienone is 2. The highest BCUT2D eigenvalue weighted by Crippen LogP contribution is 2.25. The van der Waals surface area contributed by atoms with Crippen LogP contribution in [0.4, 0.5) is 0 Å². The molecule has 2 heteroatoms. The van der Waals surface area contributed by atoms with E-state index in [0.29, 0.717) is 6.42 Å². The van der Waals surface area contributed by atoms with Gasteiger partial charge >= 0.3 is 0 Å². The van der Waals surface area contributed by atoms with E-state index in [1.807, 2.05) is 0 Å². The highest BCUT2D eigenvalue weighted by atomic mass is 16.1. The maximum absolute atomic E-state index is 11.6. The highest BCUT2D eigenvalue weighted by molar-refractivity contribution is 5.75. The predicted octanol–water partition coefficient (Wildman–Crippen LogP) is 3.82. The maximum atomic E-state index is 11.6. The van der Waals surface area contributed by atoms with Crippen molar-refractivity contribution in [2.45, 2.75) is 65.2 Å². The lowest BCUT2D eigenvalue weighted by molar-refractivity contribution is -0.121. The van der Waals surface area contributed by atoms with Crippen LogP contribution in [-0.4, -0.2) is 12.5 Å². The summed E-state index contributed by atoms with van der Waals surface area (Å²) in [5.74, 6) is 0.966. The van der Waals surface area contributed by atoms with Crippen LogP contribution in [0, 0.1) is 5.92 Å². The van der Waals surface area contributed by atoms with Crippen LogP contribution in [0.25, 0.3) is 0 Å². The predicted molar refractivity (Wildman–Crippen MR) is 72.9 cm³/mol. The minimum absolute atomic E-state index is 0.239. The molecule has 1 atom stereocenters. The van der Waals surface area contributed by atoms with Crippen molar-refractivity contribution >= 4 is 5.91 Å². The summed E-state index contributed by atoms with van der Waals surface area (Å²) in [4.78, 5) is 11.6. The van der Waals surface area contributed by atoms with Gasteiger partial charge in [0.15, 0.2) is 0 Å². The average Bonchev–Trinajstić information content (AvgIpc) is 2.52. The Hall–Kier alpha value is -0.790. The normalized spacial score (nSPS) is 20.6. The topological polar surface area (TPSA) is 29.1 Å². The summed E-state index contributed by atoms with van der Waals surface area (Å²) in [5, 5.41) is 2.99. The number of hydrogen-bond donors (Lipinski definition) is 1. The molecular formula is C15H27NO. The van der Waals surface area contributed by atoms with Gasteiger partial charge in [0.2, 0.25) is 5.91 Å². The number of unbranched alkanes of at least 4 members (excludes halogenated alkanes) is 1. The number of carbonyl (C=O) groups excluding carboxylic acids is 1. The molecule has 1 amide bonds. The van der Waals surface area contributed by atoms with Gasteiger partial charge in [-0.15, -0.1) is 0 Å². The third-order valence-electron chi connectivity index (χ3n) is 3.62. The van der Waals surface area contributed by atoms with Crippen LogP contribution in [0.2, 0.25) is 0 Å². The second kappa shape index (κ2) is 8.32. The van der Waals surface area contributed by atoms with Crippen molar-refractivity contribution in [3.63, 3.8) is 0 Å². The lowest BCUT2D eigenvalue weighted by Crippen LogP contribution is -2.24. The Bertz CT molecular complexity index is 258. The van der Waals surface area contributed by atoms with Crippen molar-refractivity contribution in [1.82, 2.24) is 5.32 Å². The van der Waals surface area contributed by atoms with Crippen LogP contribution in [0.3, 0.4) is 0 Å². The molecule has 1 aliphatic rings. The van der Waals surface area contributed by atoms with Crippen molar-refractivity contribution in [2.75, 3.05) is 6.54 Å². The van der Waals surface area contributed by atoms with E-state index in [9.17, 15) is 4.79 Å². The fourth-order valence-electron chi connectivity index (χ4n) is 2.35. The molecule has 0 saturated heterocycles. The molecule has 1 unspecified atom stereocenters. The maximum Gasteiger partial charge on any atom is 0.220 e. The molecule has 2 nitrogen and oxygen atoms in total. The molecule has 0 heterocycles. The Morgan fingerprint density at radius 1 is 1.53 bits per heavy atom. The van der Waals surface area contributed by atoms with Crippen LogP contribution in [0.5, 0.6) is 0 Å². The van der Waals surface area contributed by atoms with Crippen LogP contribution in [0.15, 0.2) is 11.6 Å². The molecule has 1 aliphatic carbocycles. The largest absolute Gasteiger partial charge is 0.356 e. The fourth-order valence-corrected chi connectivity index (χ4v) is 2.35. The first-order valence-corrected chi connectivity index (χ1v) is 7.14. The van der Waals surface area contributed by atoms with Crippen LogP contribution >= 0.6 is 0 Å². The van der Waals surface area contributed by atoms with Crippen LogP contribution in [-0.2, 0) is 4.79 Å². The quantitative estimate of drug-likeness (QED) is 0.552. The zero-order chi connectivity index (χ0) is 12.5. The van der Waals surface area contributed by atoms with Crippen LogP contribution in [0.1, 0.15) is 65.2 Å². The third-order valence-corrected chi connectivity index (χ3v) is 3.62. The number of carbonyl (C=O) groups is 1. The number of amides is 1. The number of rotatable bonds is 6. The summed E-state index contributed by atoms with van der Waals surface area (Å²) in [7, 11) is 0. The Kier molecular flexibility index (Phi) is 6.99. The van der Waals surface area contributed by atoms with E-state index in [1.54, 1.807) is 0 Å². The Balaban J connectivity index is 2.14. The summed E-state index contributed by atoms with van der Waals surface area (Å²) < 4.78 is 0. The molecule has 0 fully saturated rings. The minimum Gasteiger partial charge on any atom is -0.356 e. The lowest BCUT2D eigenvalue weighted by Gasteiger charge is -2.12. The minimum atomic E-state index is 0.239. The first kappa shape index (κ1) is 14.3. The van der Waals surface area contributed by atoms with Crippen molar-refractivity contribution in [3.8, 4) is 0 Å². The number of nitrogens with one attached hydrogen (secondary N) is 1. The molecule has 0 bridgehead atoms. The molecule has 1 N–H and O–H groups in total. The molecule has 0 saturated carbocycles. The zero-order valence-electron chi connectivity index (χ0n) is 11.4. The summed E-state index contributed by atoms with van der Waals surface area (Å²) >= 11 is 0. The summed E-state index contributed by atoms with van der Waals surface area (Å²) in [6.45, 7) is 5.21. The second-order valence-electron chi connectivity index (χ2n) is 5.29. The average molecular weight is 237 g/mol. The van der Waals surface area contributed by atoms with Crippen LogP contribution < -0.4 is 5.32 Å². The smallest absolute Gasteiger partial charge is 0.220 e. The monoisotopic (exact) mass is 237 g/mol. The first-order valence-electron chi connectivity index (χ1n) is 7.14. The van der Waals surface area contributed by atoms with Gasteiger partial charge in [-0.1, -0.05) is 25.0 Å². The summed E-state index contributed by atoms with van der Waals surface area (Å²) in [5.41, 5.74) is 1.53. The van der Waals surface area contributed by atoms with Gasteiger partial charge in [0.1, 0.15) is 0 Å². The van der Waals surface area contributed by atoms with E-state index in [-0.39, 0.29) is 5.91 Å². The van der Waals surface area contributed by atoms with E-state index >= 15 is 0 Å². The Labute approximate surface area is 106 Å². The van der Waals surface area contributed by atoms with Gasteiger partial charge in [0, 0.05) is 13.0 Å². The molecule has 1 rings (SSSR count).